The minimum absolute atomic E-state index is 0.114. The number of aliphatic hydroxyl groups is 5. The van der Waals surface area contributed by atoms with Crippen molar-refractivity contribution in [1.82, 2.24) is 0 Å². The molecule has 0 aromatic heterocycles. The van der Waals surface area contributed by atoms with Gasteiger partial charge in [0.15, 0.2) is 6.29 Å². The fourth-order valence-electron chi connectivity index (χ4n) is 2.45. The van der Waals surface area contributed by atoms with Crippen molar-refractivity contribution in [1.29, 1.82) is 0 Å². The van der Waals surface area contributed by atoms with Gasteiger partial charge in [-0.3, -0.25) is 0 Å². The molecule has 0 aliphatic heterocycles. The van der Waals surface area contributed by atoms with Crippen LogP contribution in [0.1, 0.15) is 11.1 Å². The van der Waals surface area contributed by atoms with Crippen LogP contribution in [0, 0.1) is 0 Å². The molecule has 7 heteroatoms. The summed E-state index contributed by atoms with van der Waals surface area (Å²) in [5.74, 6) is 0. The molecule has 0 spiro atoms. The Balaban J connectivity index is 2.04. The largest absolute Gasteiger partial charge is 0.394 e. The van der Waals surface area contributed by atoms with Crippen LogP contribution >= 0.6 is 0 Å². The van der Waals surface area contributed by atoms with E-state index in [2.05, 4.69) is 0 Å². The number of aliphatic hydroxyl groups excluding tert-OH is 5. The normalized spacial score (nSPS) is 16.1. The zero-order chi connectivity index (χ0) is 19.6. The van der Waals surface area contributed by atoms with E-state index in [1.807, 2.05) is 60.7 Å². The molecule has 148 valence electrons. The standard InChI is InChI=1S/C20H26O7/c21-11-16(22)17(23)18(24)19(25)20(26-12-14-7-3-1-4-8-14)27-13-15-9-5-2-6-10-15/h1-10,16-25H,11-13H2/t16-,17-,18-,19-/m1/s1. The average Bonchev–Trinajstić information content (AvgIpc) is 2.73. The third kappa shape index (κ3) is 6.67. The second kappa shape index (κ2) is 11.1. The Bertz CT molecular complexity index is 594. The summed E-state index contributed by atoms with van der Waals surface area (Å²) in [5, 5.41) is 48.8. The SMILES string of the molecule is OC[C@@H](O)[C@@H](O)[C@@H](O)[C@@H](O)C(OCc1ccccc1)OCc1ccccc1. The van der Waals surface area contributed by atoms with E-state index >= 15 is 0 Å². The number of benzene rings is 2. The van der Waals surface area contributed by atoms with Gasteiger partial charge in [-0.05, 0) is 11.1 Å². The highest BCUT2D eigenvalue weighted by Gasteiger charge is 2.36. The van der Waals surface area contributed by atoms with E-state index in [9.17, 15) is 20.4 Å². The zero-order valence-corrected chi connectivity index (χ0v) is 14.8. The smallest absolute Gasteiger partial charge is 0.186 e. The number of hydrogen-bond acceptors (Lipinski definition) is 7. The van der Waals surface area contributed by atoms with Crippen molar-refractivity contribution in [3.05, 3.63) is 71.8 Å². The van der Waals surface area contributed by atoms with Gasteiger partial charge in [0.2, 0.25) is 0 Å². The topological polar surface area (TPSA) is 120 Å². The van der Waals surface area contributed by atoms with Crippen LogP contribution in [0.3, 0.4) is 0 Å². The van der Waals surface area contributed by atoms with Crippen molar-refractivity contribution in [3.8, 4) is 0 Å². The zero-order valence-electron chi connectivity index (χ0n) is 14.8. The second-order valence-corrected chi connectivity index (χ2v) is 6.18. The Morgan fingerprint density at radius 3 is 1.48 bits per heavy atom. The molecule has 4 atom stereocenters. The average molecular weight is 378 g/mol. The Morgan fingerprint density at radius 1 is 0.630 bits per heavy atom. The van der Waals surface area contributed by atoms with Gasteiger partial charge in [-0.15, -0.1) is 0 Å². The minimum Gasteiger partial charge on any atom is -0.394 e. The van der Waals surface area contributed by atoms with Gasteiger partial charge in [-0.25, -0.2) is 0 Å². The quantitative estimate of drug-likeness (QED) is 0.354. The van der Waals surface area contributed by atoms with Crippen LogP contribution in [0.2, 0.25) is 0 Å². The van der Waals surface area contributed by atoms with Crippen molar-refractivity contribution >= 4 is 0 Å². The lowest BCUT2D eigenvalue weighted by atomic mass is 10.0. The maximum atomic E-state index is 10.4. The summed E-state index contributed by atoms with van der Waals surface area (Å²) in [6.45, 7) is -0.531. The van der Waals surface area contributed by atoms with Crippen LogP contribution in [0.5, 0.6) is 0 Å². The lowest BCUT2D eigenvalue weighted by Gasteiger charge is -2.31. The molecule has 0 heterocycles. The van der Waals surface area contributed by atoms with Crippen LogP contribution in [0.4, 0.5) is 0 Å². The first kappa shape index (κ1) is 21.5. The first-order valence-corrected chi connectivity index (χ1v) is 8.67. The van der Waals surface area contributed by atoms with Gasteiger partial charge in [0.05, 0.1) is 19.8 Å². The Kier molecular flexibility index (Phi) is 8.83. The molecule has 2 aromatic carbocycles. The van der Waals surface area contributed by atoms with Gasteiger partial charge in [0.1, 0.15) is 24.4 Å². The van der Waals surface area contributed by atoms with Crippen molar-refractivity contribution in [2.24, 2.45) is 0 Å². The molecule has 0 aliphatic rings. The summed E-state index contributed by atoms with van der Waals surface area (Å²) in [5.41, 5.74) is 1.67. The van der Waals surface area contributed by atoms with E-state index in [0.29, 0.717) is 0 Å². The fraction of sp³-hybridized carbons (Fsp3) is 0.400. The monoisotopic (exact) mass is 378 g/mol. The van der Waals surface area contributed by atoms with Gasteiger partial charge in [-0.1, -0.05) is 60.7 Å². The molecule has 0 unspecified atom stereocenters. The maximum absolute atomic E-state index is 10.4. The van der Waals surface area contributed by atoms with Crippen molar-refractivity contribution < 1.29 is 35.0 Å². The molecule has 7 nitrogen and oxygen atoms in total. The van der Waals surface area contributed by atoms with Crippen molar-refractivity contribution in [2.75, 3.05) is 6.61 Å². The first-order valence-electron chi connectivity index (χ1n) is 8.67. The molecule has 0 fully saturated rings. The molecule has 0 amide bonds. The van der Waals surface area contributed by atoms with Crippen LogP contribution in [0.15, 0.2) is 60.7 Å². The molecular weight excluding hydrogens is 352 g/mol. The van der Waals surface area contributed by atoms with E-state index in [1.165, 1.54) is 0 Å². The summed E-state index contributed by atoms with van der Waals surface area (Å²) in [6.07, 6.45) is -8.04. The van der Waals surface area contributed by atoms with Gasteiger partial charge in [-0.2, -0.15) is 0 Å². The maximum Gasteiger partial charge on any atom is 0.186 e. The van der Waals surface area contributed by atoms with E-state index < -0.39 is 37.3 Å². The van der Waals surface area contributed by atoms with E-state index in [1.54, 1.807) is 0 Å². The van der Waals surface area contributed by atoms with Crippen molar-refractivity contribution in [3.63, 3.8) is 0 Å². The molecule has 0 bridgehead atoms. The summed E-state index contributed by atoms with van der Waals surface area (Å²) < 4.78 is 11.2. The minimum atomic E-state index is -1.77. The molecule has 0 radical (unpaired) electrons. The Labute approximate surface area is 158 Å². The summed E-state index contributed by atoms with van der Waals surface area (Å²) in [6, 6.07) is 18.4. The molecule has 27 heavy (non-hydrogen) atoms. The van der Waals surface area contributed by atoms with E-state index in [0.717, 1.165) is 11.1 Å². The highest BCUT2D eigenvalue weighted by molar-refractivity contribution is 5.14. The van der Waals surface area contributed by atoms with Crippen LogP contribution < -0.4 is 0 Å². The number of hydrogen-bond donors (Lipinski definition) is 5. The highest BCUT2D eigenvalue weighted by Crippen LogP contribution is 2.16. The lowest BCUT2D eigenvalue weighted by Crippen LogP contribution is -2.51. The van der Waals surface area contributed by atoms with E-state index in [4.69, 9.17) is 14.6 Å². The molecule has 2 rings (SSSR count). The van der Waals surface area contributed by atoms with Crippen LogP contribution in [-0.4, -0.2) is 62.8 Å². The summed E-state index contributed by atoms with van der Waals surface area (Å²) >= 11 is 0. The first-order chi connectivity index (χ1) is 13.0. The van der Waals surface area contributed by atoms with Gasteiger partial charge in [0.25, 0.3) is 0 Å². The second-order valence-electron chi connectivity index (χ2n) is 6.18. The lowest BCUT2D eigenvalue weighted by molar-refractivity contribution is -0.240. The third-order valence-corrected chi connectivity index (χ3v) is 4.07. The number of ether oxygens (including phenoxy) is 2. The number of rotatable bonds is 11. The van der Waals surface area contributed by atoms with E-state index in [-0.39, 0.29) is 13.2 Å². The molecule has 0 saturated carbocycles. The van der Waals surface area contributed by atoms with Crippen LogP contribution in [-0.2, 0) is 22.7 Å². The molecule has 5 N–H and O–H groups in total. The summed E-state index contributed by atoms with van der Waals surface area (Å²) in [7, 11) is 0. The predicted octanol–water partition coefficient (Wildman–Crippen LogP) is 0.182. The van der Waals surface area contributed by atoms with Gasteiger partial charge in [0, 0.05) is 0 Å². The molecule has 0 aliphatic carbocycles. The molecule has 2 aromatic rings. The fourth-order valence-corrected chi connectivity index (χ4v) is 2.45. The molecular formula is C20H26O7. The van der Waals surface area contributed by atoms with Gasteiger partial charge < -0.3 is 35.0 Å². The summed E-state index contributed by atoms with van der Waals surface area (Å²) in [4.78, 5) is 0. The molecule has 0 saturated heterocycles. The third-order valence-electron chi connectivity index (χ3n) is 4.07. The Morgan fingerprint density at radius 2 is 1.07 bits per heavy atom. The van der Waals surface area contributed by atoms with Crippen LogP contribution in [0.25, 0.3) is 0 Å². The van der Waals surface area contributed by atoms with Gasteiger partial charge >= 0.3 is 0 Å². The Hall–Kier alpha value is -1.84. The highest BCUT2D eigenvalue weighted by atomic mass is 16.7. The van der Waals surface area contributed by atoms with Crippen molar-refractivity contribution in [2.45, 2.75) is 43.9 Å². The predicted molar refractivity (Wildman–Crippen MR) is 97.4 cm³/mol.